The van der Waals surface area contributed by atoms with E-state index >= 15 is 0 Å². The van der Waals surface area contributed by atoms with Crippen LogP contribution >= 0.6 is 0 Å². The molecule has 0 bridgehead atoms. The minimum absolute atomic E-state index is 0.0261. The molecule has 1 aromatic heterocycles. The van der Waals surface area contributed by atoms with Gasteiger partial charge < -0.3 is 14.9 Å². The molecule has 0 saturated carbocycles. The van der Waals surface area contributed by atoms with Crippen LogP contribution in [-0.4, -0.2) is 62.5 Å². The summed E-state index contributed by atoms with van der Waals surface area (Å²) >= 11 is 0. The lowest BCUT2D eigenvalue weighted by atomic mass is 10.1. The van der Waals surface area contributed by atoms with E-state index in [9.17, 15) is 14.7 Å². The third-order valence-corrected chi connectivity index (χ3v) is 5.83. The van der Waals surface area contributed by atoms with Crippen LogP contribution in [0.15, 0.2) is 79.1 Å². The number of hydrogen-bond acceptors (Lipinski definition) is 4. The number of hydrogen-bond donors (Lipinski definition) is 1. The SMILES string of the molecule is O=C(c1ccc(-n2cnc3ccccc32)cc1)N1CCN(C(=O)c2ccccc2O)CC1. The van der Waals surface area contributed by atoms with Gasteiger partial charge in [0.1, 0.15) is 12.1 Å². The van der Waals surface area contributed by atoms with Gasteiger partial charge in [-0.15, -0.1) is 0 Å². The molecule has 4 aromatic rings. The lowest BCUT2D eigenvalue weighted by molar-refractivity contribution is 0.0533. The van der Waals surface area contributed by atoms with Crippen molar-refractivity contribution in [3.8, 4) is 11.4 Å². The summed E-state index contributed by atoms with van der Waals surface area (Å²) < 4.78 is 1.99. The number of para-hydroxylation sites is 3. The molecule has 32 heavy (non-hydrogen) atoms. The number of fused-ring (bicyclic) bond motifs is 1. The first kappa shape index (κ1) is 19.8. The van der Waals surface area contributed by atoms with E-state index in [-0.39, 0.29) is 23.1 Å². The Morgan fingerprint density at radius 2 is 1.38 bits per heavy atom. The number of rotatable bonds is 3. The molecule has 0 atom stereocenters. The molecule has 7 heteroatoms. The summed E-state index contributed by atoms with van der Waals surface area (Å²) in [7, 11) is 0. The first-order chi connectivity index (χ1) is 15.6. The molecule has 0 aliphatic carbocycles. The smallest absolute Gasteiger partial charge is 0.257 e. The standard InChI is InChI=1S/C25H22N4O3/c30-23-8-4-1-5-20(23)25(32)28-15-13-27(14-16-28)24(31)18-9-11-19(12-10-18)29-17-26-21-6-2-3-7-22(21)29/h1-12,17,30H,13-16H2. The maximum absolute atomic E-state index is 13.0. The van der Waals surface area contributed by atoms with E-state index in [1.807, 2.05) is 53.1 Å². The molecule has 160 valence electrons. The van der Waals surface area contributed by atoms with E-state index in [0.717, 1.165) is 16.7 Å². The molecule has 0 spiro atoms. The molecule has 1 aliphatic heterocycles. The third-order valence-electron chi connectivity index (χ3n) is 5.83. The lowest BCUT2D eigenvalue weighted by Gasteiger charge is -2.35. The molecular formula is C25H22N4O3. The van der Waals surface area contributed by atoms with Gasteiger partial charge in [-0.05, 0) is 48.5 Å². The summed E-state index contributed by atoms with van der Waals surface area (Å²) in [6.45, 7) is 1.76. The highest BCUT2D eigenvalue weighted by molar-refractivity contribution is 5.97. The Kier molecular flexibility index (Phi) is 5.07. The Morgan fingerprint density at radius 1 is 0.750 bits per heavy atom. The molecular weight excluding hydrogens is 404 g/mol. The van der Waals surface area contributed by atoms with Crippen molar-refractivity contribution in [2.24, 2.45) is 0 Å². The number of nitrogens with zero attached hydrogens (tertiary/aromatic N) is 4. The van der Waals surface area contributed by atoms with Gasteiger partial charge in [-0.3, -0.25) is 14.2 Å². The second-order valence-corrected chi connectivity index (χ2v) is 7.75. The topological polar surface area (TPSA) is 78.7 Å². The molecule has 2 amide bonds. The van der Waals surface area contributed by atoms with Crippen LogP contribution in [0.3, 0.4) is 0 Å². The van der Waals surface area contributed by atoms with Gasteiger partial charge in [0.25, 0.3) is 11.8 Å². The lowest BCUT2D eigenvalue weighted by Crippen LogP contribution is -2.50. The number of carbonyl (C=O) groups excluding carboxylic acids is 2. The number of phenolic OH excluding ortho intramolecular Hbond substituents is 1. The maximum atomic E-state index is 13.0. The van der Waals surface area contributed by atoms with Crippen molar-refractivity contribution in [2.45, 2.75) is 0 Å². The minimum atomic E-state index is -0.216. The van der Waals surface area contributed by atoms with Crippen molar-refractivity contribution in [2.75, 3.05) is 26.2 Å². The fourth-order valence-electron chi connectivity index (χ4n) is 4.05. The number of imidazole rings is 1. The zero-order chi connectivity index (χ0) is 22.1. The molecule has 2 heterocycles. The predicted octanol–water partition coefficient (Wildman–Crippen LogP) is 3.33. The summed E-state index contributed by atoms with van der Waals surface area (Å²) in [6.07, 6.45) is 1.78. The van der Waals surface area contributed by atoms with Crippen molar-refractivity contribution in [3.05, 3.63) is 90.3 Å². The monoisotopic (exact) mass is 426 g/mol. The Morgan fingerprint density at radius 3 is 2.09 bits per heavy atom. The fourth-order valence-corrected chi connectivity index (χ4v) is 4.05. The first-order valence-electron chi connectivity index (χ1n) is 10.5. The van der Waals surface area contributed by atoms with Crippen LogP contribution in [0, 0.1) is 0 Å². The fraction of sp³-hybridized carbons (Fsp3) is 0.160. The number of amides is 2. The van der Waals surface area contributed by atoms with E-state index in [1.165, 1.54) is 6.07 Å². The van der Waals surface area contributed by atoms with Crippen LogP contribution in [0.2, 0.25) is 0 Å². The van der Waals surface area contributed by atoms with Crippen LogP contribution in [-0.2, 0) is 0 Å². The van der Waals surface area contributed by atoms with Gasteiger partial charge in [0.2, 0.25) is 0 Å². The highest BCUT2D eigenvalue weighted by Crippen LogP contribution is 2.21. The molecule has 1 N–H and O–H groups in total. The largest absolute Gasteiger partial charge is 0.507 e. The summed E-state index contributed by atoms with van der Waals surface area (Å²) in [5, 5.41) is 9.93. The van der Waals surface area contributed by atoms with Gasteiger partial charge in [-0.25, -0.2) is 4.98 Å². The van der Waals surface area contributed by atoms with Gasteiger partial charge in [0, 0.05) is 37.4 Å². The summed E-state index contributed by atoms with van der Waals surface area (Å²) in [4.78, 5) is 33.5. The van der Waals surface area contributed by atoms with E-state index in [4.69, 9.17) is 0 Å². The summed E-state index contributed by atoms with van der Waals surface area (Å²) in [5.74, 6) is -0.296. The van der Waals surface area contributed by atoms with Crippen molar-refractivity contribution >= 4 is 22.8 Å². The highest BCUT2D eigenvalue weighted by Gasteiger charge is 2.26. The average molecular weight is 426 g/mol. The van der Waals surface area contributed by atoms with E-state index in [1.54, 1.807) is 34.3 Å². The number of piperazine rings is 1. The second kappa shape index (κ2) is 8.19. The number of aromatic hydroxyl groups is 1. The molecule has 1 fully saturated rings. The van der Waals surface area contributed by atoms with Crippen LogP contribution in [0.4, 0.5) is 0 Å². The Labute approximate surface area is 185 Å². The minimum Gasteiger partial charge on any atom is -0.507 e. The van der Waals surface area contributed by atoms with Crippen LogP contribution in [0.25, 0.3) is 16.7 Å². The summed E-state index contributed by atoms with van der Waals surface area (Å²) in [6, 6.07) is 21.9. The van der Waals surface area contributed by atoms with E-state index in [0.29, 0.717) is 31.7 Å². The zero-order valence-corrected chi connectivity index (χ0v) is 17.4. The number of aromatic nitrogens is 2. The van der Waals surface area contributed by atoms with E-state index < -0.39 is 0 Å². The number of benzene rings is 3. The molecule has 5 rings (SSSR count). The summed E-state index contributed by atoms with van der Waals surface area (Å²) in [5.41, 5.74) is 3.77. The molecule has 0 unspecified atom stereocenters. The van der Waals surface area contributed by atoms with Crippen LogP contribution in [0.5, 0.6) is 5.75 Å². The Hall–Kier alpha value is -4.13. The first-order valence-corrected chi connectivity index (χ1v) is 10.5. The Balaban J connectivity index is 1.26. The quantitative estimate of drug-likeness (QED) is 0.545. The number of phenols is 1. The highest BCUT2D eigenvalue weighted by atomic mass is 16.3. The zero-order valence-electron chi connectivity index (χ0n) is 17.4. The third kappa shape index (κ3) is 3.58. The molecule has 3 aromatic carbocycles. The average Bonchev–Trinajstić information content (AvgIpc) is 3.28. The van der Waals surface area contributed by atoms with E-state index in [2.05, 4.69) is 4.98 Å². The molecule has 0 radical (unpaired) electrons. The van der Waals surface area contributed by atoms with Crippen molar-refractivity contribution in [1.29, 1.82) is 0 Å². The van der Waals surface area contributed by atoms with Crippen molar-refractivity contribution in [3.63, 3.8) is 0 Å². The maximum Gasteiger partial charge on any atom is 0.257 e. The van der Waals surface area contributed by atoms with Gasteiger partial charge in [0.15, 0.2) is 0 Å². The second-order valence-electron chi connectivity index (χ2n) is 7.75. The van der Waals surface area contributed by atoms with Crippen LogP contribution in [0.1, 0.15) is 20.7 Å². The molecule has 7 nitrogen and oxygen atoms in total. The van der Waals surface area contributed by atoms with Gasteiger partial charge in [-0.2, -0.15) is 0 Å². The van der Waals surface area contributed by atoms with Crippen molar-refractivity contribution in [1.82, 2.24) is 19.4 Å². The van der Waals surface area contributed by atoms with Gasteiger partial charge >= 0.3 is 0 Å². The van der Waals surface area contributed by atoms with Crippen LogP contribution < -0.4 is 0 Å². The van der Waals surface area contributed by atoms with Gasteiger partial charge in [0.05, 0.1) is 16.6 Å². The Bertz CT molecular complexity index is 1290. The van der Waals surface area contributed by atoms with Gasteiger partial charge in [-0.1, -0.05) is 24.3 Å². The molecule has 1 saturated heterocycles. The predicted molar refractivity (Wildman–Crippen MR) is 121 cm³/mol. The van der Waals surface area contributed by atoms with Crippen molar-refractivity contribution < 1.29 is 14.7 Å². The number of carbonyl (C=O) groups is 2. The molecule has 1 aliphatic rings. The normalized spacial score (nSPS) is 14.0.